The molecule has 0 aliphatic rings. The first-order chi connectivity index (χ1) is 9.68. The second kappa shape index (κ2) is 12.7. The summed E-state index contributed by atoms with van der Waals surface area (Å²) in [7, 11) is -2.99. The summed E-state index contributed by atoms with van der Waals surface area (Å²) >= 11 is 0. The maximum atomic E-state index is 5.33. The zero-order chi connectivity index (χ0) is 15.1. The van der Waals surface area contributed by atoms with Crippen LogP contribution in [-0.2, 0) is 13.6 Å². The van der Waals surface area contributed by atoms with Crippen LogP contribution in [0.5, 0.6) is 0 Å². The molecule has 0 radical (unpaired) electrons. The van der Waals surface area contributed by atoms with E-state index in [9.17, 15) is 0 Å². The van der Waals surface area contributed by atoms with Crippen LogP contribution in [0.3, 0.4) is 0 Å². The Kier molecular flexibility index (Phi) is 11.8. The monoisotopic (exact) mass is 301 g/mol. The van der Waals surface area contributed by atoms with Crippen LogP contribution in [0.15, 0.2) is 15.5 Å². The third-order valence-electron chi connectivity index (χ3n) is 2.13. The van der Waals surface area contributed by atoms with Gasteiger partial charge in [-0.15, -0.1) is 15.5 Å². The van der Waals surface area contributed by atoms with E-state index in [-0.39, 0.29) is 0 Å². The lowest BCUT2D eigenvalue weighted by Crippen LogP contribution is -2.38. The molecule has 0 unspecified atom stereocenters. The smallest absolute Gasteiger partial charge is 0.374 e. The molecule has 7 heteroatoms. The van der Waals surface area contributed by atoms with Gasteiger partial charge < -0.3 is 13.6 Å². The molecule has 20 heavy (non-hydrogen) atoms. The lowest BCUT2D eigenvalue weighted by Gasteiger charge is -2.16. The molecule has 0 saturated carbocycles. The molecule has 0 saturated heterocycles. The first-order valence-corrected chi connectivity index (χ1v) is 9.51. The highest BCUT2D eigenvalue weighted by molar-refractivity contribution is 6.59. The van der Waals surface area contributed by atoms with Gasteiger partial charge in [0.25, 0.3) is 0 Å². The Hall–Kier alpha value is -1.37. The quantitative estimate of drug-likeness (QED) is 0.311. The largest absolute Gasteiger partial charge is 0.759 e. The van der Waals surface area contributed by atoms with Gasteiger partial charge in [-0.3, -0.25) is 0 Å². The minimum absolute atomic E-state index is 0.850. The van der Waals surface area contributed by atoms with Crippen molar-refractivity contribution in [2.24, 2.45) is 15.5 Å². The maximum absolute atomic E-state index is 5.33. The second-order valence-corrected chi connectivity index (χ2v) is 6.64. The highest BCUT2D eigenvalue weighted by Gasteiger charge is 2.44. The zero-order valence-electron chi connectivity index (χ0n) is 13.0. The van der Waals surface area contributed by atoms with E-state index in [1.165, 1.54) is 0 Å². The predicted molar refractivity (Wildman–Crippen MR) is 85.1 cm³/mol. The molecule has 116 valence electrons. The molecule has 0 aliphatic heterocycles. The van der Waals surface area contributed by atoms with E-state index in [4.69, 9.17) is 13.6 Å². The van der Waals surface area contributed by atoms with Gasteiger partial charge in [0.05, 0.1) is 0 Å². The molecule has 0 aromatic heterocycles. The van der Waals surface area contributed by atoms with Crippen LogP contribution < -0.4 is 0 Å². The molecule has 0 rings (SSSR count). The molecule has 0 aromatic carbocycles. The van der Waals surface area contributed by atoms with E-state index in [1.807, 2.05) is 0 Å². The number of oxime groups is 3. The highest BCUT2D eigenvalue weighted by Crippen LogP contribution is 2.11. The zero-order valence-corrected chi connectivity index (χ0v) is 14.0. The first-order valence-electron chi connectivity index (χ1n) is 7.28. The van der Waals surface area contributed by atoms with Gasteiger partial charge in [-0.05, 0) is 19.3 Å². The minimum atomic E-state index is -2.99. The van der Waals surface area contributed by atoms with Gasteiger partial charge in [0.1, 0.15) is 0 Å². The molecule has 0 N–H and O–H groups in total. The van der Waals surface area contributed by atoms with Crippen molar-refractivity contribution in [3.05, 3.63) is 0 Å². The summed E-state index contributed by atoms with van der Waals surface area (Å²) in [4.78, 5) is 0. The van der Waals surface area contributed by atoms with Crippen LogP contribution in [0.4, 0.5) is 0 Å². The Balaban J connectivity index is 4.40. The van der Waals surface area contributed by atoms with Crippen LogP contribution in [0.1, 0.15) is 59.3 Å². The van der Waals surface area contributed by atoms with Crippen molar-refractivity contribution in [2.75, 3.05) is 0 Å². The number of rotatable bonds is 12. The number of hydrogen-bond acceptors (Lipinski definition) is 6. The third kappa shape index (κ3) is 10.5. The summed E-state index contributed by atoms with van der Waals surface area (Å²) in [6.07, 6.45) is 10.7. The molecule has 0 fully saturated rings. The van der Waals surface area contributed by atoms with Crippen molar-refractivity contribution in [1.29, 1.82) is 0 Å². The molecule has 6 nitrogen and oxygen atoms in total. The van der Waals surface area contributed by atoms with Crippen molar-refractivity contribution in [2.45, 2.75) is 65.8 Å². The normalized spacial score (nSPS) is 12.6. The SMILES string of the molecule is CCC/C=N/O[Si](C)(O/N=C/CCC)O/N=C/CCC. The van der Waals surface area contributed by atoms with E-state index < -0.39 is 8.80 Å². The van der Waals surface area contributed by atoms with Crippen molar-refractivity contribution >= 4 is 27.4 Å². The molecule has 0 aliphatic carbocycles. The Morgan fingerprint density at radius 3 is 1.25 bits per heavy atom. The first kappa shape index (κ1) is 18.6. The molecule has 0 aromatic rings. The van der Waals surface area contributed by atoms with Crippen molar-refractivity contribution in [3.8, 4) is 0 Å². The van der Waals surface area contributed by atoms with Crippen molar-refractivity contribution < 1.29 is 13.6 Å². The summed E-state index contributed by atoms with van der Waals surface area (Å²) in [5.41, 5.74) is 0. The van der Waals surface area contributed by atoms with Crippen molar-refractivity contribution in [3.63, 3.8) is 0 Å². The van der Waals surface area contributed by atoms with Gasteiger partial charge in [0.15, 0.2) is 0 Å². The Labute approximate surface area is 123 Å². The number of nitrogens with zero attached hydrogens (tertiary/aromatic N) is 3. The highest BCUT2D eigenvalue weighted by atomic mass is 28.4. The summed E-state index contributed by atoms with van der Waals surface area (Å²) in [6.45, 7) is 7.92. The molecular weight excluding hydrogens is 274 g/mol. The van der Waals surface area contributed by atoms with Crippen LogP contribution in [0.25, 0.3) is 0 Å². The predicted octanol–water partition coefficient (Wildman–Crippen LogP) is 3.96. The number of hydrogen-bond donors (Lipinski definition) is 0. The molecule has 0 amide bonds. The minimum Gasteiger partial charge on any atom is -0.374 e. The van der Waals surface area contributed by atoms with Gasteiger partial charge >= 0.3 is 8.80 Å². The Bertz CT molecular complexity index is 264. The number of unbranched alkanes of at least 4 members (excludes halogenated alkanes) is 3. The summed E-state index contributed by atoms with van der Waals surface area (Å²) in [6, 6.07) is 0. The topological polar surface area (TPSA) is 64.8 Å². The average molecular weight is 301 g/mol. The standard InChI is InChI=1S/C13H27N3O3Si/c1-5-8-11-14-17-20(4,18-15-12-9-6-2)19-16-13-10-7-3/h11-13H,5-10H2,1-4H3/b14-11+,15-12+,16-13+. The van der Waals surface area contributed by atoms with Gasteiger partial charge in [-0.1, -0.05) is 40.0 Å². The van der Waals surface area contributed by atoms with Crippen LogP contribution in [0, 0.1) is 0 Å². The molecule has 0 spiro atoms. The van der Waals surface area contributed by atoms with Crippen LogP contribution in [0.2, 0.25) is 6.55 Å². The Morgan fingerprint density at radius 2 is 1.00 bits per heavy atom. The molecule has 0 heterocycles. The fourth-order valence-electron chi connectivity index (χ4n) is 0.994. The average Bonchev–Trinajstić information content (AvgIpc) is 2.45. The van der Waals surface area contributed by atoms with E-state index in [1.54, 1.807) is 25.2 Å². The molecule has 0 bridgehead atoms. The lowest BCUT2D eigenvalue weighted by atomic mass is 10.4. The van der Waals surface area contributed by atoms with Crippen LogP contribution >= 0.6 is 0 Å². The van der Waals surface area contributed by atoms with Gasteiger partial charge in [-0.2, -0.15) is 0 Å². The Morgan fingerprint density at radius 1 is 0.700 bits per heavy atom. The van der Waals surface area contributed by atoms with Gasteiger partial charge in [0.2, 0.25) is 0 Å². The lowest BCUT2D eigenvalue weighted by molar-refractivity contribution is 0.0740. The van der Waals surface area contributed by atoms with E-state index >= 15 is 0 Å². The molecular formula is C13H27N3O3Si. The summed E-state index contributed by atoms with van der Waals surface area (Å²) in [5, 5.41) is 11.6. The maximum Gasteiger partial charge on any atom is 0.759 e. The third-order valence-corrected chi connectivity index (χ3v) is 3.44. The fraction of sp³-hybridized carbons (Fsp3) is 0.769. The van der Waals surface area contributed by atoms with E-state index in [2.05, 4.69) is 36.2 Å². The second-order valence-electron chi connectivity index (χ2n) is 4.37. The van der Waals surface area contributed by atoms with Crippen LogP contribution in [-0.4, -0.2) is 27.4 Å². The van der Waals surface area contributed by atoms with Gasteiger partial charge in [0, 0.05) is 25.2 Å². The van der Waals surface area contributed by atoms with Gasteiger partial charge in [-0.25, -0.2) is 0 Å². The summed E-state index contributed by atoms with van der Waals surface area (Å²) in [5.74, 6) is 0. The summed E-state index contributed by atoms with van der Waals surface area (Å²) < 4.78 is 16.0. The van der Waals surface area contributed by atoms with E-state index in [0.717, 1.165) is 38.5 Å². The van der Waals surface area contributed by atoms with E-state index in [0.29, 0.717) is 0 Å². The molecule has 0 atom stereocenters. The van der Waals surface area contributed by atoms with Crippen molar-refractivity contribution in [1.82, 2.24) is 0 Å². The fourth-order valence-corrected chi connectivity index (χ4v) is 1.89.